The van der Waals surface area contributed by atoms with Gasteiger partial charge in [-0.2, -0.15) is 0 Å². The van der Waals surface area contributed by atoms with Crippen molar-refractivity contribution in [2.24, 2.45) is 0 Å². The van der Waals surface area contributed by atoms with E-state index in [4.69, 9.17) is 11.6 Å². The molecule has 106 valence electrons. The van der Waals surface area contributed by atoms with Gasteiger partial charge in [0, 0.05) is 25.3 Å². The van der Waals surface area contributed by atoms with Crippen LogP contribution in [0.3, 0.4) is 0 Å². The van der Waals surface area contributed by atoms with Crippen LogP contribution >= 0.6 is 11.6 Å². The summed E-state index contributed by atoms with van der Waals surface area (Å²) < 4.78 is 0. The normalized spacial score (nSPS) is 10.8. The predicted molar refractivity (Wildman–Crippen MR) is 87.1 cm³/mol. The number of nitrogens with one attached hydrogen (secondary N) is 1. The standard InChI is InChI=1S/C16H14ClN3O/c1-20(2)10-7-8-11(13(17)9-10)15-18-14-6-4-3-5-12(14)16(21)19-15/h3-9H,1-2H3,(H,18,19,21). The number of benzene rings is 2. The molecule has 0 saturated heterocycles. The van der Waals surface area contributed by atoms with Crippen LogP contribution in [0.5, 0.6) is 0 Å². The fourth-order valence-electron chi connectivity index (χ4n) is 2.19. The molecular weight excluding hydrogens is 286 g/mol. The zero-order valence-corrected chi connectivity index (χ0v) is 12.5. The van der Waals surface area contributed by atoms with Crippen molar-refractivity contribution in [2.45, 2.75) is 0 Å². The minimum Gasteiger partial charge on any atom is -0.378 e. The minimum atomic E-state index is -0.164. The van der Waals surface area contributed by atoms with Crippen LogP contribution in [-0.2, 0) is 0 Å². The first-order valence-corrected chi connectivity index (χ1v) is 6.90. The third-order valence-electron chi connectivity index (χ3n) is 3.34. The third-order valence-corrected chi connectivity index (χ3v) is 3.65. The molecule has 0 bridgehead atoms. The molecule has 3 rings (SSSR count). The maximum Gasteiger partial charge on any atom is 0.259 e. The van der Waals surface area contributed by atoms with E-state index in [1.54, 1.807) is 6.07 Å². The van der Waals surface area contributed by atoms with Crippen LogP contribution < -0.4 is 10.5 Å². The lowest BCUT2D eigenvalue weighted by molar-refractivity contribution is 1.13. The van der Waals surface area contributed by atoms with Crippen LogP contribution in [0.25, 0.3) is 22.3 Å². The van der Waals surface area contributed by atoms with Gasteiger partial charge < -0.3 is 9.88 Å². The Morgan fingerprint density at radius 1 is 1.14 bits per heavy atom. The molecule has 1 N–H and O–H groups in total. The lowest BCUT2D eigenvalue weighted by Crippen LogP contribution is -2.10. The van der Waals surface area contributed by atoms with Crippen LogP contribution in [0.15, 0.2) is 47.3 Å². The predicted octanol–water partition coefficient (Wildman–Crippen LogP) is 3.31. The second kappa shape index (κ2) is 5.22. The van der Waals surface area contributed by atoms with Gasteiger partial charge >= 0.3 is 0 Å². The molecule has 0 amide bonds. The topological polar surface area (TPSA) is 49.0 Å². The van der Waals surface area contributed by atoms with Gasteiger partial charge in [0.15, 0.2) is 0 Å². The summed E-state index contributed by atoms with van der Waals surface area (Å²) in [6.07, 6.45) is 0. The van der Waals surface area contributed by atoms with Crippen molar-refractivity contribution in [3.63, 3.8) is 0 Å². The highest BCUT2D eigenvalue weighted by Gasteiger charge is 2.10. The highest BCUT2D eigenvalue weighted by molar-refractivity contribution is 6.33. The van der Waals surface area contributed by atoms with E-state index in [1.165, 1.54) is 0 Å². The maximum atomic E-state index is 12.1. The molecule has 0 aliphatic rings. The number of para-hydroxylation sites is 1. The van der Waals surface area contributed by atoms with Crippen molar-refractivity contribution >= 4 is 28.2 Å². The highest BCUT2D eigenvalue weighted by atomic mass is 35.5. The smallest absolute Gasteiger partial charge is 0.259 e. The van der Waals surface area contributed by atoms with Gasteiger partial charge in [0.2, 0.25) is 0 Å². The SMILES string of the molecule is CN(C)c1ccc(-c2nc3ccccc3c(=O)[nH]2)c(Cl)c1. The van der Waals surface area contributed by atoms with Gasteiger partial charge in [-0.05, 0) is 30.3 Å². The Morgan fingerprint density at radius 3 is 2.62 bits per heavy atom. The van der Waals surface area contributed by atoms with Crippen molar-refractivity contribution in [1.29, 1.82) is 0 Å². The van der Waals surface area contributed by atoms with Crippen LogP contribution in [-0.4, -0.2) is 24.1 Å². The van der Waals surface area contributed by atoms with E-state index in [1.807, 2.05) is 55.4 Å². The lowest BCUT2D eigenvalue weighted by Gasteiger charge is -2.14. The maximum absolute atomic E-state index is 12.1. The van der Waals surface area contributed by atoms with E-state index >= 15 is 0 Å². The van der Waals surface area contributed by atoms with Gasteiger partial charge in [0.1, 0.15) is 5.82 Å². The Morgan fingerprint density at radius 2 is 1.90 bits per heavy atom. The van der Waals surface area contributed by atoms with Crippen LogP contribution in [0, 0.1) is 0 Å². The number of aromatic amines is 1. The minimum absolute atomic E-state index is 0.164. The zero-order chi connectivity index (χ0) is 15.0. The number of rotatable bonds is 2. The molecule has 0 aliphatic heterocycles. The number of fused-ring (bicyclic) bond motifs is 1. The molecule has 0 fully saturated rings. The quantitative estimate of drug-likeness (QED) is 0.790. The Hall–Kier alpha value is -2.33. The van der Waals surface area contributed by atoms with Crippen molar-refractivity contribution < 1.29 is 0 Å². The molecule has 1 heterocycles. The number of nitrogens with zero attached hydrogens (tertiary/aromatic N) is 2. The third kappa shape index (κ3) is 2.50. The summed E-state index contributed by atoms with van der Waals surface area (Å²) in [6, 6.07) is 12.9. The second-order valence-electron chi connectivity index (χ2n) is 4.99. The van der Waals surface area contributed by atoms with Crippen LogP contribution in [0.1, 0.15) is 0 Å². The summed E-state index contributed by atoms with van der Waals surface area (Å²) in [5.74, 6) is 0.481. The molecule has 1 aromatic heterocycles. The Labute approximate surface area is 127 Å². The highest BCUT2D eigenvalue weighted by Crippen LogP contribution is 2.29. The first kappa shape index (κ1) is 13.6. The Balaban J connectivity index is 2.19. The molecule has 0 saturated carbocycles. The van der Waals surface area contributed by atoms with Crippen molar-refractivity contribution in [2.75, 3.05) is 19.0 Å². The van der Waals surface area contributed by atoms with Gasteiger partial charge in [-0.3, -0.25) is 4.79 Å². The Kier molecular flexibility index (Phi) is 3.39. The molecular formula is C16H14ClN3O. The fourth-order valence-corrected chi connectivity index (χ4v) is 2.45. The molecule has 0 aliphatic carbocycles. The summed E-state index contributed by atoms with van der Waals surface area (Å²) in [5.41, 5.74) is 2.20. The molecule has 5 heteroatoms. The first-order valence-electron chi connectivity index (χ1n) is 6.52. The van der Waals surface area contributed by atoms with Gasteiger partial charge in [0.05, 0.1) is 15.9 Å². The molecule has 0 spiro atoms. The second-order valence-corrected chi connectivity index (χ2v) is 5.40. The van der Waals surface area contributed by atoms with E-state index in [2.05, 4.69) is 9.97 Å². The summed E-state index contributed by atoms with van der Waals surface area (Å²) >= 11 is 6.32. The number of hydrogen-bond donors (Lipinski definition) is 1. The molecule has 2 aromatic carbocycles. The van der Waals surface area contributed by atoms with E-state index in [0.717, 1.165) is 5.69 Å². The number of anilines is 1. The average molecular weight is 300 g/mol. The van der Waals surface area contributed by atoms with Crippen molar-refractivity contribution in [1.82, 2.24) is 9.97 Å². The van der Waals surface area contributed by atoms with E-state index < -0.39 is 0 Å². The molecule has 0 radical (unpaired) electrons. The number of hydrogen-bond acceptors (Lipinski definition) is 3. The Bertz CT molecular complexity index is 871. The van der Waals surface area contributed by atoms with Gasteiger partial charge in [-0.25, -0.2) is 4.98 Å². The molecule has 0 unspecified atom stereocenters. The molecule has 3 aromatic rings. The fraction of sp³-hybridized carbons (Fsp3) is 0.125. The van der Waals surface area contributed by atoms with Gasteiger partial charge in [-0.1, -0.05) is 23.7 Å². The lowest BCUT2D eigenvalue weighted by atomic mass is 10.1. The van der Waals surface area contributed by atoms with Crippen LogP contribution in [0.4, 0.5) is 5.69 Å². The van der Waals surface area contributed by atoms with Gasteiger partial charge in [0.25, 0.3) is 5.56 Å². The number of halogens is 1. The molecule has 21 heavy (non-hydrogen) atoms. The summed E-state index contributed by atoms with van der Waals surface area (Å²) in [4.78, 5) is 21.4. The zero-order valence-electron chi connectivity index (χ0n) is 11.7. The van der Waals surface area contributed by atoms with Crippen molar-refractivity contribution in [3.05, 3.63) is 57.8 Å². The summed E-state index contributed by atoms with van der Waals surface area (Å²) in [5, 5.41) is 1.13. The summed E-state index contributed by atoms with van der Waals surface area (Å²) in [6.45, 7) is 0. The molecule has 0 atom stereocenters. The first-order chi connectivity index (χ1) is 10.1. The van der Waals surface area contributed by atoms with E-state index in [9.17, 15) is 4.79 Å². The molecule has 4 nitrogen and oxygen atoms in total. The van der Waals surface area contributed by atoms with Crippen molar-refractivity contribution in [3.8, 4) is 11.4 Å². The van der Waals surface area contributed by atoms with Gasteiger partial charge in [-0.15, -0.1) is 0 Å². The van der Waals surface area contributed by atoms with Crippen LogP contribution in [0.2, 0.25) is 5.02 Å². The van der Waals surface area contributed by atoms with E-state index in [0.29, 0.717) is 27.3 Å². The summed E-state index contributed by atoms with van der Waals surface area (Å²) in [7, 11) is 3.89. The number of H-pyrrole nitrogens is 1. The monoisotopic (exact) mass is 299 g/mol. The van der Waals surface area contributed by atoms with E-state index in [-0.39, 0.29) is 5.56 Å². The largest absolute Gasteiger partial charge is 0.378 e. The number of aromatic nitrogens is 2. The average Bonchev–Trinajstić information content (AvgIpc) is 2.47.